The van der Waals surface area contributed by atoms with E-state index in [0.29, 0.717) is 0 Å². The van der Waals surface area contributed by atoms with Gasteiger partial charge >= 0.3 is 0 Å². The Kier molecular flexibility index (Phi) is 8.20. The smallest absolute Gasteiger partial charge is 0.179 e. The van der Waals surface area contributed by atoms with E-state index >= 15 is 0 Å². The highest BCUT2D eigenvalue weighted by Gasteiger charge is 2.41. The molecule has 0 spiro atoms. The van der Waals surface area contributed by atoms with Gasteiger partial charge in [0, 0.05) is 32.9 Å². The van der Waals surface area contributed by atoms with Gasteiger partial charge in [-0.15, -0.1) is 0 Å². The van der Waals surface area contributed by atoms with Crippen LogP contribution >= 0.6 is 0 Å². The molecule has 55 heavy (non-hydrogen) atoms. The Balaban J connectivity index is 1.18. The number of hydrogen-bond acceptors (Lipinski definition) is 2. The first-order valence-electron chi connectivity index (χ1n) is 18.8. The first kappa shape index (κ1) is 32.7. The summed E-state index contributed by atoms with van der Waals surface area (Å²) in [4.78, 5) is 2.40. The third-order valence-electron chi connectivity index (χ3n) is 11.0. The highest BCUT2D eigenvalue weighted by atomic mass is 28.3. The molecule has 10 rings (SSSR count). The SMILES string of the molecule is c1ccc(-c2ccc(N(c3ccc([Si](c4ccccc4)(c4ccccc4)c4ccccc4)cc3)c3cccc4c3ccc3c5ccccc5oc43)cc2)cc1. The maximum Gasteiger partial charge on any atom is 0.179 e. The van der Waals surface area contributed by atoms with Crippen LogP contribution in [0.3, 0.4) is 0 Å². The molecule has 10 aromatic rings. The number of furan rings is 1. The Bertz CT molecular complexity index is 2790. The van der Waals surface area contributed by atoms with Crippen molar-refractivity contribution < 1.29 is 4.42 Å². The van der Waals surface area contributed by atoms with Crippen molar-refractivity contribution in [3.63, 3.8) is 0 Å². The minimum Gasteiger partial charge on any atom is -0.455 e. The van der Waals surface area contributed by atoms with Crippen LogP contribution in [-0.2, 0) is 0 Å². The minimum absolute atomic E-state index is 0.905. The standard InChI is InChI=1S/C52H37NOSi/c1-5-16-38(17-6-1)39-28-30-40(31-29-39)53(50-26-15-25-48-46(50)36-37-49-47-24-13-14-27-51(47)54-52(48)49)41-32-34-45(35-33-41)55(42-18-7-2-8-19-42,43-20-9-3-10-21-43)44-22-11-4-12-23-44/h1-37H. The monoisotopic (exact) mass is 719 g/mol. The molecule has 260 valence electrons. The molecule has 0 aliphatic rings. The quantitative estimate of drug-likeness (QED) is 0.115. The molecule has 9 aromatic carbocycles. The van der Waals surface area contributed by atoms with Crippen molar-refractivity contribution in [1.82, 2.24) is 0 Å². The summed E-state index contributed by atoms with van der Waals surface area (Å²) >= 11 is 0. The molecule has 0 amide bonds. The second-order valence-corrected chi connectivity index (χ2v) is 17.9. The van der Waals surface area contributed by atoms with E-state index in [9.17, 15) is 0 Å². The van der Waals surface area contributed by atoms with Crippen LogP contribution < -0.4 is 25.6 Å². The molecule has 1 aromatic heterocycles. The summed E-state index contributed by atoms with van der Waals surface area (Å²) in [7, 11) is -2.68. The van der Waals surface area contributed by atoms with Gasteiger partial charge in [-0.1, -0.05) is 182 Å². The van der Waals surface area contributed by atoms with Gasteiger partial charge in [0.2, 0.25) is 0 Å². The zero-order chi connectivity index (χ0) is 36.6. The minimum atomic E-state index is -2.68. The van der Waals surface area contributed by atoms with Crippen LogP contribution in [0.15, 0.2) is 229 Å². The first-order valence-corrected chi connectivity index (χ1v) is 20.8. The van der Waals surface area contributed by atoms with Crippen molar-refractivity contribution in [2.45, 2.75) is 0 Å². The third-order valence-corrected chi connectivity index (χ3v) is 15.8. The van der Waals surface area contributed by atoms with Gasteiger partial charge in [0.1, 0.15) is 11.2 Å². The average molecular weight is 720 g/mol. The number of benzene rings is 9. The Hall–Kier alpha value is -6.94. The Morgan fingerprint density at radius 3 is 1.35 bits per heavy atom. The van der Waals surface area contributed by atoms with E-state index in [1.807, 2.05) is 6.07 Å². The highest BCUT2D eigenvalue weighted by Crippen LogP contribution is 2.42. The summed E-state index contributed by atoms with van der Waals surface area (Å²) in [6.07, 6.45) is 0. The van der Waals surface area contributed by atoms with Crippen molar-refractivity contribution in [3.8, 4) is 11.1 Å². The summed E-state index contributed by atoms with van der Waals surface area (Å²) in [5.41, 5.74) is 7.48. The summed E-state index contributed by atoms with van der Waals surface area (Å²) in [5, 5.41) is 9.90. The third kappa shape index (κ3) is 5.56. The second-order valence-electron chi connectivity index (χ2n) is 14.1. The first-order chi connectivity index (χ1) is 27.3. The molecular formula is C52H37NOSi. The lowest BCUT2D eigenvalue weighted by atomic mass is 10.0. The van der Waals surface area contributed by atoms with E-state index in [-0.39, 0.29) is 0 Å². The van der Waals surface area contributed by atoms with Gasteiger partial charge in [0.15, 0.2) is 8.07 Å². The zero-order valence-electron chi connectivity index (χ0n) is 30.2. The van der Waals surface area contributed by atoms with Crippen LogP contribution in [0, 0.1) is 0 Å². The van der Waals surface area contributed by atoms with E-state index in [2.05, 4.69) is 223 Å². The Labute approximate surface area is 322 Å². The van der Waals surface area contributed by atoms with Crippen molar-refractivity contribution >= 4 is 78.6 Å². The summed E-state index contributed by atoms with van der Waals surface area (Å²) in [6, 6.07) is 81.6. The number of anilines is 3. The molecule has 0 saturated carbocycles. The van der Waals surface area contributed by atoms with Crippen molar-refractivity contribution in [1.29, 1.82) is 0 Å². The lowest BCUT2D eigenvalue weighted by molar-refractivity contribution is 0.672. The van der Waals surface area contributed by atoms with E-state index in [0.717, 1.165) is 49.8 Å². The topological polar surface area (TPSA) is 16.4 Å². The van der Waals surface area contributed by atoms with Gasteiger partial charge in [-0.05, 0) is 74.3 Å². The van der Waals surface area contributed by atoms with E-state index in [4.69, 9.17) is 4.42 Å². The van der Waals surface area contributed by atoms with Crippen LogP contribution in [0.25, 0.3) is 43.8 Å². The van der Waals surface area contributed by atoms with Crippen LogP contribution in [0.1, 0.15) is 0 Å². The number of nitrogens with zero attached hydrogens (tertiary/aromatic N) is 1. The van der Waals surface area contributed by atoms with Crippen LogP contribution in [-0.4, -0.2) is 8.07 Å². The fourth-order valence-corrected chi connectivity index (χ4v) is 13.2. The summed E-state index contributed by atoms with van der Waals surface area (Å²) < 4.78 is 6.54. The van der Waals surface area contributed by atoms with Crippen LogP contribution in [0.4, 0.5) is 17.1 Å². The molecule has 0 aliphatic carbocycles. The second kappa shape index (κ2) is 13.8. The van der Waals surface area contributed by atoms with Gasteiger partial charge < -0.3 is 9.32 Å². The van der Waals surface area contributed by atoms with Crippen LogP contribution in [0.5, 0.6) is 0 Å². The molecule has 0 unspecified atom stereocenters. The number of rotatable bonds is 8. The molecule has 0 saturated heterocycles. The Morgan fingerprint density at radius 2 is 0.745 bits per heavy atom. The lowest BCUT2D eigenvalue weighted by Crippen LogP contribution is -2.74. The van der Waals surface area contributed by atoms with Gasteiger partial charge in [0.05, 0.1) is 5.69 Å². The number of para-hydroxylation sites is 1. The van der Waals surface area contributed by atoms with Gasteiger partial charge in [-0.25, -0.2) is 0 Å². The fourth-order valence-electron chi connectivity index (χ4n) is 8.50. The van der Waals surface area contributed by atoms with Crippen molar-refractivity contribution in [2.24, 2.45) is 0 Å². The normalized spacial score (nSPS) is 11.6. The molecule has 0 aliphatic heterocycles. The maximum atomic E-state index is 6.54. The largest absolute Gasteiger partial charge is 0.455 e. The molecule has 0 bridgehead atoms. The summed E-state index contributed by atoms with van der Waals surface area (Å²) in [5.74, 6) is 0. The van der Waals surface area contributed by atoms with Crippen molar-refractivity contribution in [3.05, 3.63) is 224 Å². The molecule has 1 heterocycles. The number of hydrogen-bond donors (Lipinski definition) is 0. The fraction of sp³-hybridized carbons (Fsp3) is 0. The summed E-state index contributed by atoms with van der Waals surface area (Å²) in [6.45, 7) is 0. The molecule has 0 atom stereocenters. The predicted octanol–water partition coefficient (Wildman–Crippen LogP) is 11.3. The van der Waals surface area contributed by atoms with Crippen molar-refractivity contribution in [2.75, 3.05) is 4.90 Å². The molecule has 3 heteroatoms. The van der Waals surface area contributed by atoms with Gasteiger partial charge in [-0.2, -0.15) is 0 Å². The molecular weight excluding hydrogens is 683 g/mol. The zero-order valence-corrected chi connectivity index (χ0v) is 31.2. The average Bonchev–Trinajstić information content (AvgIpc) is 3.66. The van der Waals surface area contributed by atoms with Gasteiger partial charge in [0.25, 0.3) is 0 Å². The molecule has 0 N–H and O–H groups in total. The van der Waals surface area contributed by atoms with E-state index < -0.39 is 8.07 Å². The molecule has 0 radical (unpaired) electrons. The van der Waals surface area contributed by atoms with Gasteiger partial charge in [-0.3, -0.25) is 0 Å². The van der Waals surface area contributed by atoms with E-state index in [1.54, 1.807) is 0 Å². The lowest BCUT2D eigenvalue weighted by Gasteiger charge is -2.35. The number of fused-ring (bicyclic) bond motifs is 5. The Morgan fingerprint density at radius 1 is 0.309 bits per heavy atom. The van der Waals surface area contributed by atoms with E-state index in [1.165, 1.54) is 31.9 Å². The maximum absolute atomic E-state index is 6.54. The molecule has 0 fully saturated rings. The van der Waals surface area contributed by atoms with Crippen LogP contribution in [0.2, 0.25) is 0 Å². The molecule has 2 nitrogen and oxygen atoms in total. The highest BCUT2D eigenvalue weighted by molar-refractivity contribution is 7.19. The predicted molar refractivity (Wildman–Crippen MR) is 235 cm³/mol.